The lowest BCUT2D eigenvalue weighted by molar-refractivity contribution is -0.143. The first-order chi connectivity index (χ1) is 11.0. The van der Waals surface area contributed by atoms with Gasteiger partial charge in [-0.3, -0.25) is 14.4 Å². The maximum atomic E-state index is 13.5. The quantitative estimate of drug-likeness (QED) is 0.945. The van der Waals surface area contributed by atoms with Crippen LogP contribution in [0, 0.1) is 19.7 Å². The van der Waals surface area contributed by atoms with Gasteiger partial charge in [-0.1, -0.05) is 12.1 Å². The molecule has 2 heterocycles. The summed E-state index contributed by atoms with van der Waals surface area (Å²) in [7, 11) is 0. The summed E-state index contributed by atoms with van der Waals surface area (Å²) in [5.41, 5.74) is 3.03. The van der Waals surface area contributed by atoms with Crippen LogP contribution in [-0.2, 0) is 17.9 Å². The van der Waals surface area contributed by atoms with Gasteiger partial charge < -0.3 is 5.11 Å². The number of carboxylic acid groups (broad SMARTS) is 1. The van der Waals surface area contributed by atoms with Crippen LogP contribution in [0.4, 0.5) is 4.39 Å². The van der Waals surface area contributed by atoms with Crippen molar-refractivity contribution in [2.75, 3.05) is 6.54 Å². The number of carbonyl (C=O) groups is 1. The molecule has 5 nitrogen and oxygen atoms in total. The second-order valence-electron chi connectivity index (χ2n) is 6.07. The van der Waals surface area contributed by atoms with Gasteiger partial charge in [-0.2, -0.15) is 5.10 Å². The van der Waals surface area contributed by atoms with Crippen LogP contribution in [-0.4, -0.2) is 32.3 Å². The number of aryl methyl sites for hydroxylation is 3. The van der Waals surface area contributed by atoms with E-state index in [-0.39, 0.29) is 5.82 Å². The molecule has 0 bridgehead atoms. The Balaban J connectivity index is 1.94. The van der Waals surface area contributed by atoms with Crippen LogP contribution in [0.1, 0.15) is 35.0 Å². The SMILES string of the molecule is Cc1cc2n(n1)CCCN(C(C(=O)O)c1ccc(F)c(C)c1)C2. The standard InChI is InChI=1S/C17H20FN3O2/c1-11-8-13(4-5-15(11)18)16(17(22)23)20-6-3-7-21-14(10-20)9-12(2)19-21/h4-5,8-9,16H,3,6-7,10H2,1-2H3,(H,22,23). The molecule has 1 N–H and O–H groups in total. The Morgan fingerprint density at radius 1 is 1.30 bits per heavy atom. The van der Waals surface area contributed by atoms with Crippen molar-refractivity contribution < 1.29 is 14.3 Å². The van der Waals surface area contributed by atoms with E-state index in [1.54, 1.807) is 19.1 Å². The molecular weight excluding hydrogens is 297 g/mol. The van der Waals surface area contributed by atoms with Gasteiger partial charge >= 0.3 is 5.97 Å². The number of benzene rings is 1. The number of carboxylic acids is 1. The summed E-state index contributed by atoms with van der Waals surface area (Å²) >= 11 is 0. The monoisotopic (exact) mass is 317 g/mol. The highest BCUT2D eigenvalue weighted by molar-refractivity contribution is 5.75. The largest absolute Gasteiger partial charge is 0.480 e. The fourth-order valence-electron chi connectivity index (χ4n) is 3.20. The first kappa shape index (κ1) is 15.7. The third-order valence-electron chi connectivity index (χ3n) is 4.26. The molecule has 1 aromatic heterocycles. The van der Waals surface area contributed by atoms with E-state index in [1.165, 1.54) is 6.07 Å². The molecule has 1 unspecified atom stereocenters. The van der Waals surface area contributed by atoms with Gasteiger partial charge in [-0.15, -0.1) is 0 Å². The van der Waals surface area contributed by atoms with E-state index in [9.17, 15) is 14.3 Å². The molecular formula is C17H20FN3O2. The lowest BCUT2D eigenvalue weighted by atomic mass is 10.0. The van der Waals surface area contributed by atoms with E-state index in [1.807, 2.05) is 22.6 Å². The number of nitrogens with zero attached hydrogens (tertiary/aromatic N) is 3. The average Bonchev–Trinajstić information content (AvgIpc) is 2.71. The average molecular weight is 317 g/mol. The molecule has 0 spiro atoms. The van der Waals surface area contributed by atoms with Crippen molar-refractivity contribution in [3.05, 3.63) is 52.6 Å². The molecule has 0 radical (unpaired) electrons. The van der Waals surface area contributed by atoms with Crippen molar-refractivity contribution in [3.63, 3.8) is 0 Å². The molecule has 1 aliphatic rings. The van der Waals surface area contributed by atoms with Crippen molar-refractivity contribution in [1.82, 2.24) is 14.7 Å². The molecule has 122 valence electrons. The molecule has 1 atom stereocenters. The zero-order valence-electron chi connectivity index (χ0n) is 13.3. The number of hydrogen-bond donors (Lipinski definition) is 1. The van der Waals surface area contributed by atoms with Gasteiger partial charge in [0, 0.05) is 19.6 Å². The molecule has 0 aliphatic carbocycles. The Labute approximate surface area is 134 Å². The summed E-state index contributed by atoms with van der Waals surface area (Å²) in [6, 6.07) is 5.74. The van der Waals surface area contributed by atoms with Gasteiger partial charge in [-0.25, -0.2) is 4.39 Å². The molecule has 3 rings (SSSR count). The van der Waals surface area contributed by atoms with Crippen molar-refractivity contribution in [1.29, 1.82) is 0 Å². The number of fused-ring (bicyclic) bond motifs is 1. The first-order valence-corrected chi connectivity index (χ1v) is 7.72. The summed E-state index contributed by atoms with van der Waals surface area (Å²) in [4.78, 5) is 13.8. The number of rotatable bonds is 3. The van der Waals surface area contributed by atoms with Gasteiger partial charge in [0.15, 0.2) is 0 Å². The first-order valence-electron chi connectivity index (χ1n) is 7.72. The molecule has 23 heavy (non-hydrogen) atoms. The third kappa shape index (κ3) is 3.12. The highest BCUT2D eigenvalue weighted by Gasteiger charge is 2.30. The van der Waals surface area contributed by atoms with E-state index in [0.29, 0.717) is 24.2 Å². The molecule has 0 saturated heterocycles. The van der Waals surface area contributed by atoms with E-state index >= 15 is 0 Å². The van der Waals surface area contributed by atoms with Crippen LogP contribution in [0.5, 0.6) is 0 Å². The van der Waals surface area contributed by atoms with Crippen molar-refractivity contribution in [2.45, 2.75) is 39.4 Å². The lowest BCUT2D eigenvalue weighted by Crippen LogP contribution is -2.34. The lowest BCUT2D eigenvalue weighted by Gasteiger charge is -2.27. The van der Waals surface area contributed by atoms with Gasteiger partial charge in [0.2, 0.25) is 0 Å². The van der Waals surface area contributed by atoms with Crippen LogP contribution in [0.15, 0.2) is 24.3 Å². The molecule has 6 heteroatoms. The summed E-state index contributed by atoms with van der Waals surface area (Å²) < 4.78 is 15.4. The van der Waals surface area contributed by atoms with Crippen molar-refractivity contribution in [2.24, 2.45) is 0 Å². The highest BCUT2D eigenvalue weighted by atomic mass is 19.1. The normalized spacial score (nSPS) is 16.7. The topological polar surface area (TPSA) is 58.4 Å². The molecule has 0 amide bonds. The van der Waals surface area contributed by atoms with Gasteiger partial charge in [-0.05, 0) is 43.5 Å². The van der Waals surface area contributed by atoms with Crippen molar-refractivity contribution in [3.8, 4) is 0 Å². The Hall–Kier alpha value is -2.21. The van der Waals surface area contributed by atoms with E-state index in [4.69, 9.17) is 0 Å². The number of halogens is 1. The number of aliphatic carboxylic acids is 1. The summed E-state index contributed by atoms with van der Waals surface area (Å²) in [5.74, 6) is -1.23. The minimum Gasteiger partial charge on any atom is -0.480 e. The Morgan fingerprint density at radius 3 is 2.78 bits per heavy atom. The third-order valence-corrected chi connectivity index (χ3v) is 4.26. The fourth-order valence-corrected chi connectivity index (χ4v) is 3.20. The molecule has 0 fully saturated rings. The van der Waals surface area contributed by atoms with Crippen LogP contribution < -0.4 is 0 Å². The summed E-state index contributed by atoms with van der Waals surface area (Å²) in [5, 5.41) is 14.2. The maximum absolute atomic E-state index is 13.5. The van der Waals surface area contributed by atoms with Crippen LogP contribution >= 0.6 is 0 Å². The van der Waals surface area contributed by atoms with Crippen LogP contribution in [0.2, 0.25) is 0 Å². The fraction of sp³-hybridized carbons (Fsp3) is 0.412. The molecule has 2 aromatic rings. The summed E-state index contributed by atoms with van der Waals surface area (Å²) in [6.07, 6.45) is 0.831. The number of aromatic nitrogens is 2. The predicted molar refractivity (Wildman–Crippen MR) is 83.5 cm³/mol. The smallest absolute Gasteiger partial charge is 0.325 e. The molecule has 1 aromatic carbocycles. The Bertz CT molecular complexity index is 741. The van der Waals surface area contributed by atoms with Gasteiger partial charge in [0.25, 0.3) is 0 Å². The predicted octanol–water partition coefficient (Wildman–Crippen LogP) is 2.67. The van der Waals surface area contributed by atoms with E-state index in [2.05, 4.69) is 5.10 Å². The maximum Gasteiger partial charge on any atom is 0.325 e. The van der Waals surface area contributed by atoms with Crippen LogP contribution in [0.3, 0.4) is 0 Å². The number of hydrogen-bond acceptors (Lipinski definition) is 3. The van der Waals surface area contributed by atoms with E-state index < -0.39 is 12.0 Å². The second kappa shape index (κ2) is 6.12. The summed E-state index contributed by atoms with van der Waals surface area (Å²) in [6.45, 7) is 5.56. The van der Waals surface area contributed by atoms with Gasteiger partial charge in [0.1, 0.15) is 11.9 Å². The Morgan fingerprint density at radius 2 is 2.09 bits per heavy atom. The Kier molecular flexibility index (Phi) is 4.17. The van der Waals surface area contributed by atoms with Crippen LogP contribution in [0.25, 0.3) is 0 Å². The highest BCUT2D eigenvalue weighted by Crippen LogP contribution is 2.27. The molecule has 1 aliphatic heterocycles. The zero-order valence-corrected chi connectivity index (χ0v) is 13.3. The minimum absolute atomic E-state index is 0.317. The molecule has 0 saturated carbocycles. The van der Waals surface area contributed by atoms with Gasteiger partial charge in [0.05, 0.1) is 11.4 Å². The minimum atomic E-state index is -0.916. The zero-order chi connectivity index (χ0) is 16.6. The van der Waals surface area contributed by atoms with E-state index in [0.717, 1.165) is 24.4 Å². The van der Waals surface area contributed by atoms with Crippen molar-refractivity contribution >= 4 is 5.97 Å². The second-order valence-corrected chi connectivity index (χ2v) is 6.07.